The van der Waals surface area contributed by atoms with Crippen molar-refractivity contribution in [2.45, 2.75) is 20.4 Å². The first kappa shape index (κ1) is 16.9. The Hall–Kier alpha value is -3.47. The van der Waals surface area contributed by atoms with Gasteiger partial charge >= 0.3 is 0 Å². The Labute approximate surface area is 136 Å². The van der Waals surface area contributed by atoms with Crippen molar-refractivity contribution < 1.29 is 14.8 Å². The fraction of sp³-hybridized carbons (Fsp3) is 0.188. The first-order chi connectivity index (χ1) is 11.3. The van der Waals surface area contributed by atoms with E-state index in [2.05, 4.69) is 0 Å². The van der Waals surface area contributed by atoms with E-state index in [-0.39, 0.29) is 34.5 Å². The molecule has 0 aliphatic rings. The largest absolute Gasteiger partial charge is 0.494 e. The Morgan fingerprint density at radius 3 is 2.42 bits per heavy atom. The van der Waals surface area contributed by atoms with E-state index >= 15 is 0 Å². The summed E-state index contributed by atoms with van der Waals surface area (Å²) in [7, 11) is 0. The maximum atomic E-state index is 12.7. The second-order valence-corrected chi connectivity index (χ2v) is 4.99. The topological polar surface area (TPSA) is 126 Å². The highest BCUT2D eigenvalue weighted by Crippen LogP contribution is 2.25. The summed E-state index contributed by atoms with van der Waals surface area (Å²) in [6.45, 7) is 3.08. The van der Waals surface area contributed by atoms with Crippen LogP contribution in [0.5, 0.6) is 5.88 Å². The molecule has 24 heavy (non-hydrogen) atoms. The Bertz CT molecular complexity index is 936. The van der Waals surface area contributed by atoms with E-state index in [9.17, 15) is 24.8 Å². The number of hydrogen-bond acceptors (Lipinski definition) is 6. The molecule has 0 aliphatic heterocycles. The molecule has 0 atom stereocenters. The molecule has 0 spiro atoms. The van der Waals surface area contributed by atoms with Gasteiger partial charge in [0.2, 0.25) is 5.88 Å². The summed E-state index contributed by atoms with van der Waals surface area (Å²) < 4.78 is 0.935. The quantitative estimate of drug-likeness (QED) is 0.519. The highest BCUT2D eigenvalue weighted by Gasteiger charge is 2.24. The van der Waals surface area contributed by atoms with Crippen molar-refractivity contribution in [2.24, 2.45) is 0 Å². The van der Waals surface area contributed by atoms with Gasteiger partial charge in [0.15, 0.2) is 5.78 Å². The molecule has 122 valence electrons. The standard InChI is InChI=1S/C16H13N3O5/c1-3-18-15(21)12(8-17)9(2)13(16(18)22)14(20)10-4-6-11(7-5-10)19(23)24/h4-7,22H,3H2,1-2H3. The Morgan fingerprint density at radius 1 is 1.38 bits per heavy atom. The maximum absolute atomic E-state index is 12.7. The summed E-state index contributed by atoms with van der Waals surface area (Å²) >= 11 is 0. The van der Waals surface area contributed by atoms with Gasteiger partial charge in [-0.2, -0.15) is 5.26 Å². The van der Waals surface area contributed by atoms with Gasteiger partial charge in [-0.05, 0) is 31.5 Å². The number of non-ortho nitro benzene ring substituents is 1. The molecule has 2 rings (SSSR count). The fourth-order valence-electron chi connectivity index (χ4n) is 2.39. The van der Waals surface area contributed by atoms with E-state index in [0.717, 1.165) is 4.57 Å². The van der Waals surface area contributed by atoms with Crippen molar-refractivity contribution in [1.82, 2.24) is 4.57 Å². The van der Waals surface area contributed by atoms with Gasteiger partial charge < -0.3 is 5.11 Å². The van der Waals surface area contributed by atoms with Crippen LogP contribution in [-0.2, 0) is 6.54 Å². The summed E-state index contributed by atoms with van der Waals surface area (Å²) in [6, 6.07) is 6.60. The molecule has 1 heterocycles. The molecule has 0 aliphatic carbocycles. The zero-order valence-corrected chi connectivity index (χ0v) is 12.9. The summed E-state index contributed by atoms with van der Waals surface area (Å²) in [6.07, 6.45) is 0. The highest BCUT2D eigenvalue weighted by molar-refractivity contribution is 6.11. The number of nitrogens with zero attached hydrogens (tertiary/aromatic N) is 3. The van der Waals surface area contributed by atoms with Gasteiger partial charge in [0, 0.05) is 24.2 Å². The van der Waals surface area contributed by atoms with E-state index in [0.29, 0.717) is 0 Å². The highest BCUT2D eigenvalue weighted by atomic mass is 16.6. The van der Waals surface area contributed by atoms with Crippen LogP contribution in [0.4, 0.5) is 5.69 Å². The van der Waals surface area contributed by atoms with Crippen LogP contribution in [0.25, 0.3) is 0 Å². The average molecular weight is 327 g/mol. The zero-order valence-electron chi connectivity index (χ0n) is 12.9. The lowest BCUT2D eigenvalue weighted by atomic mass is 9.97. The first-order valence-electron chi connectivity index (χ1n) is 6.99. The van der Waals surface area contributed by atoms with Crippen LogP contribution in [0.15, 0.2) is 29.1 Å². The molecule has 0 radical (unpaired) electrons. The molecule has 0 bridgehead atoms. The zero-order chi connectivity index (χ0) is 18.0. The first-order valence-corrected chi connectivity index (χ1v) is 6.99. The molecule has 0 saturated carbocycles. The molecule has 8 nitrogen and oxygen atoms in total. The van der Waals surface area contributed by atoms with Gasteiger partial charge in [-0.25, -0.2) is 0 Å². The SMILES string of the molecule is CCn1c(O)c(C(=O)c2ccc([N+](=O)[O-])cc2)c(C)c(C#N)c1=O. The molecule has 1 N–H and O–H groups in total. The van der Waals surface area contributed by atoms with Gasteiger partial charge in [-0.3, -0.25) is 24.3 Å². The molecule has 1 aromatic heterocycles. The summed E-state index contributed by atoms with van der Waals surface area (Å²) in [4.78, 5) is 34.8. The van der Waals surface area contributed by atoms with Crippen LogP contribution in [0.3, 0.4) is 0 Å². The van der Waals surface area contributed by atoms with E-state index in [1.165, 1.54) is 31.2 Å². The van der Waals surface area contributed by atoms with Crippen molar-refractivity contribution in [1.29, 1.82) is 5.26 Å². The maximum Gasteiger partial charge on any atom is 0.271 e. The predicted molar refractivity (Wildman–Crippen MR) is 84.0 cm³/mol. The minimum Gasteiger partial charge on any atom is -0.494 e. The van der Waals surface area contributed by atoms with Gasteiger partial charge in [0.25, 0.3) is 11.2 Å². The van der Waals surface area contributed by atoms with Crippen molar-refractivity contribution in [3.05, 3.63) is 67.0 Å². The van der Waals surface area contributed by atoms with Crippen molar-refractivity contribution in [3.8, 4) is 11.9 Å². The third-order valence-corrected chi connectivity index (χ3v) is 3.68. The molecule has 0 fully saturated rings. The number of benzene rings is 1. The van der Waals surface area contributed by atoms with Crippen LogP contribution in [0, 0.1) is 28.4 Å². The number of aromatic hydroxyl groups is 1. The molecule has 0 saturated heterocycles. The Kier molecular flexibility index (Phi) is 4.46. The lowest BCUT2D eigenvalue weighted by Crippen LogP contribution is -2.26. The predicted octanol–water partition coefficient (Wildman–Crippen LogP) is 1.89. The Morgan fingerprint density at radius 2 is 1.96 bits per heavy atom. The number of aromatic nitrogens is 1. The number of ketones is 1. The van der Waals surface area contributed by atoms with Crippen LogP contribution >= 0.6 is 0 Å². The molecular formula is C16H13N3O5. The van der Waals surface area contributed by atoms with Crippen molar-refractivity contribution in [3.63, 3.8) is 0 Å². The van der Waals surface area contributed by atoms with Gasteiger partial charge in [-0.1, -0.05) is 0 Å². The normalized spacial score (nSPS) is 10.2. The number of carbonyl (C=O) groups excluding carboxylic acids is 1. The van der Waals surface area contributed by atoms with E-state index < -0.39 is 22.1 Å². The molecular weight excluding hydrogens is 314 g/mol. The number of hydrogen-bond donors (Lipinski definition) is 1. The lowest BCUT2D eigenvalue weighted by Gasteiger charge is -2.14. The molecule has 1 aromatic carbocycles. The minimum atomic E-state index is -0.671. The van der Waals surface area contributed by atoms with E-state index in [1.54, 1.807) is 13.0 Å². The summed E-state index contributed by atoms with van der Waals surface area (Å²) in [5, 5.41) is 30.1. The van der Waals surface area contributed by atoms with Crippen molar-refractivity contribution >= 4 is 11.5 Å². The van der Waals surface area contributed by atoms with Gasteiger partial charge in [0.05, 0.1) is 10.5 Å². The van der Waals surface area contributed by atoms with Crippen LogP contribution in [0.2, 0.25) is 0 Å². The lowest BCUT2D eigenvalue weighted by molar-refractivity contribution is -0.384. The van der Waals surface area contributed by atoms with E-state index in [1.807, 2.05) is 0 Å². The molecule has 8 heteroatoms. The monoisotopic (exact) mass is 327 g/mol. The summed E-state index contributed by atoms with van der Waals surface area (Å²) in [5.41, 5.74) is -1.06. The van der Waals surface area contributed by atoms with Gasteiger partial charge in [0.1, 0.15) is 11.6 Å². The fourth-order valence-corrected chi connectivity index (χ4v) is 2.39. The van der Waals surface area contributed by atoms with Crippen LogP contribution < -0.4 is 5.56 Å². The number of nitro groups is 1. The smallest absolute Gasteiger partial charge is 0.271 e. The van der Waals surface area contributed by atoms with Crippen LogP contribution in [-0.4, -0.2) is 20.4 Å². The number of nitriles is 1. The second kappa shape index (κ2) is 6.34. The van der Waals surface area contributed by atoms with Gasteiger partial charge in [-0.15, -0.1) is 0 Å². The Balaban J connectivity index is 2.68. The second-order valence-electron chi connectivity index (χ2n) is 4.99. The van der Waals surface area contributed by atoms with Crippen molar-refractivity contribution in [2.75, 3.05) is 0 Å². The minimum absolute atomic E-state index is 0.0769. The third kappa shape index (κ3) is 2.63. The van der Waals surface area contributed by atoms with Crippen LogP contribution in [0.1, 0.15) is 34.0 Å². The number of rotatable bonds is 4. The number of pyridine rings is 1. The number of carbonyl (C=O) groups is 1. The summed E-state index contributed by atoms with van der Waals surface area (Å²) in [5.74, 6) is -1.15. The number of nitro benzene ring substituents is 1. The van der Waals surface area contributed by atoms with E-state index in [4.69, 9.17) is 5.26 Å². The molecule has 0 amide bonds. The molecule has 0 unspecified atom stereocenters. The average Bonchev–Trinajstić information content (AvgIpc) is 2.55. The third-order valence-electron chi connectivity index (χ3n) is 3.68. The molecule has 2 aromatic rings.